The number of benzene rings is 1. The van der Waals surface area contributed by atoms with Gasteiger partial charge >= 0.3 is 0 Å². The molecule has 2 atom stereocenters. The van der Waals surface area contributed by atoms with Crippen molar-refractivity contribution in [1.82, 2.24) is 0 Å². The summed E-state index contributed by atoms with van der Waals surface area (Å²) in [6.45, 7) is 1.16. The van der Waals surface area contributed by atoms with Gasteiger partial charge < -0.3 is 4.90 Å². The highest BCUT2D eigenvalue weighted by molar-refractivity contribution is 6.00. The molecule has 0 bridgehead atoms. The Morgan fingerprint density at radius 2 is 2.06 bits per heavy atom. The van der Waals surface area contributed by atoms with Crippen LogP contribution in [0, 0.1) is 16.0 Å². The van der Waals surface area contributed by atoms with E-state index in [2.05, 4.69) is 10.2 Å². The minimum atomic E-state index is -0.460. The van der Waals surface area contributed by atoms with E-state index in [0.29, 0.717) is 18.8 Å². The summed E-state index contributed by atoms with van der Waals surface area (Å²) >= 11 is 0. The van der Waals surface area contributed by atoms with E-state index < -0.39 is 4.92 Å². The number of carbonyl (C=O) groups is 1. The van der Waals surface area contributed by atoms with Crippen LogP contribution in [0.5, 0.6) is 0 Å². The monoisotopic (exact) mass is 246 g/mol. The largest absolute Gasteiger partial charge is 0.310 e. The van der Waals surface area contributed by atoms with Gasteiger partial charge in [0.05, 0.1) is 11.5 Å². The first-order chi connectivity index (χ1) is 8.66. The molecule has 1 aromatic carbocycles. The van der Waals surface area contributed by atoms with Gasteiger partial charge in [-0.15, -0.1) is 0 Å². The number of amides is 1. The number of hydrogen-bond acceptors (Lipinski definition) is 5. The Balaban J connectivity index is 1.85. The number of nitro groups is 1. The summed E-state index contributed by atoms with van der Waals surface area (Å²) in [5.41, 5.74) is 0.695. The van der Waals surface area contributed by atoms with Crippen molar-refractivity contribution in [3.8, 4) is 0 Å². The molecular weight excluding hydrogens is 236 g/mol. The van der Waals surface area contributed by atoms with Crippen molar-refractivity contribution in [2.45, 2.75) is 6.04 Å². The fourth-order valence-electron chi connectivity index (χ4n) is 2.31. The van der Waals surface area contributed by atoms with Crippen molar-refractivity contribution < 1.29 is 9.72 Å². The number of nitrogens with zero attached hydrogens (tertiary/aromatic N) is 4. The first-order valence-electron chi connectivity index (χ1n) is 5.59. The molecule has 7 nitrogen and oxygen atoms in total. The lowest BCUT2D eigenvalue weighted by Gasteiger charge is -2.16. The Hall–Kier alpha value is -2.31. The van der Waals surface area contributed by atoms with E-state index in [-0.39, 0.29) is 23.6 Å². The molecular formula is C11H10N4O3. The normalized spacial score (nSPS) is 25.6. The van der Waals surface area contributed by atoms with Crippen LogP contribution in [-0.2, 0) is 4.79 Å². The number of non-ortho nitro benzene ring substituents is 1. The van der Waals surface area contributed by atoms with Crippen molar-refractivity contribution >= 4 is 17.3 Å². The van der Waals surface area contributed by atoms with Gasteiger partial charge in [-0.1, -0.05) is 0 Å². The molecule has 0 aliphatic carbocycles. The molecule has 92 valence electrons. The fraction of sp³-hybridized carbons (Fsp3) is 0.364. The second-order valence-corrected chi connectivity index (χ2v) is 4.37. The van der Waals surface area contributed by atoms with Crippen LogP contribution in [0.15, 0.2) is 34.5 Å². The maximum Gasteiger partial charge on any atom is 0.269 e. The zero-order valence-corrected chi connectivity index (χ0v) is 9.39. The molecule has 1 aromatic rings. The number of carbonyl (C=O) groups excluding carboxylic acids is 1. The molecule has 0 radical (unpaired) electrons. The molecule has 2 aliphatic rings. The van der Waals surface area contributed by atoms with Crippen LogP contribution in [0.2, 0.25) is 0 Å². The second-order valence-electron chi connectivity index (χ2n) is 4.37. The summed E-state index contributed by atoms with van der Waals surface area (Å²) in [5, 5.41) is 18.4. The Morgan fingerprint density at radius 3 is 2.67 bits per heavy atom. The second kappa shape index (κ2) is 3.86. The molecule has 0 saturated carbocycles. The number of nitro benzene ring substituents is 1. The SMILES string of the molecule is O=C1C2N=NCC2CN1c1ccc([N+](=O)[O-])cc1. The average molecular weight is 246 g/mol. The van der Waals surface area contributed by atoms with E-state index in [4.69, 9.17) is 0 Å². The first kappa shape index (κ1) is 10.8. The standard InChI is InChI=1S/C11H10N4O3/c16-11-10-7(5-12-13-10)6-14(11)8-1-3-9(4-2-8)15(17)18/h1-4,7,10H,5-6H2. The Morgan fingerprint density at radius 1 is 1.33 bits per heavy atom. The number of hydrogen-bond donors (Lipinski definition) is 0. The molecule has 7 heteroatoms. The van der Waals surface area contributed by atoms with Crippen molar-refractivity contribution in [2.75, 3.05) is 18.0 Å². The van der Waals surface area contributed by atoms with E-state index in [9.17, 15) is 14.9 Å². The maximum absolute atomic E-state index is 12.0. The van der Waals surface area contributed by atoms with Crippen LogP contribution in [0.4, 0.5) is 11.4 Å². The van der Waals surface area contributed by atoms with Crippen molar-refractivity contribution in [3.05, 3.63) is 34.4 Å². The molecule has 18 heavy (non-hydrogen) atoms. The van der Waals surface area contributed by atoms with Gasteiger partial charge in [0.1, 0.15) is 0 Å². The number of rotatable bonds is 2. The maximum atomic E-state index is 12.0. The third-order valence-electron chi connectivity index (χ3n) is 3.28. The predicted octanol–water partition coefficient (Wildman–Crippen LogP) is 1.39. The Kier molecular flexibility index (Phi) is 2.32. The molecule has 1 fully saturated rings. The van der Waals surface area contributed by atoms with Crippen LogP contribution >= 0.6 is 0 Å². The van der Waals surface area contributed by atoms with Gasteiger partial charge in [-0.05, 0) is 12.1 Å². The van der Waals surface area contributed by atoms with Gasteiger partial charge in [0.25, 0.3) is 11.6 Å². The minimum Gasteiger partial charge on any atom is -0.310 e. The minimum absolute atomic E-state index is 0.0188. The summed E-state index contributed by atoms with van der Waals surface area (Å²) in [4.78, 5) is 23.8. The van der Waals surface area contributed by atoms with Crippen LogP contribution < -0.4 is 4.90 Å². The Labute approximate surface area is 102 Å². The highest BCUT2D eigenvalue weighted by Crippen LogP contribution is 2.31. The molecule has 1 saturated heterocycles. The molecule has 1 amide bonds. The Bertz CT molecular complexity index is 540. The highest BCUT2D eigenvalue weighted by Gasteiger charge is 2.43. The molecule has 2 aliphatic heterocycles. The van der Waals surface area contributed by atoms with E-state index >= 15 is 0 Å². The van der Waals surface area contributed by atoms with Crippen molar-refractivity contribution in [3.63, 3.8) is 0 Å². The lowest BCUT2D eigenvalue weighted by Crippen LogP contribution is -2.28. The summed E-state index contributed by atoms with van der Waals surface area (Å²) in [6.07, 6.45) is 0. The van der Waals surface area contributed by atoms with Crippen molar-refractivity contribution in [1.29, 1.82) is 0 Å². The quantitative estimate of drug-likeness (QED) is 0.583. The fourth-order valence-corrected chi connectivity index (χ4v) is 2.31. The smallest absolute Gasteiger partial charge is 0.269 e. The van der Waals surface area contributed by atoms with Gasteiger partial charge in [0.2, 0.25) is 0 Å². The van der Waals surface area contributed by atoms with Gasteiger partial charge in [-0.3, -0.25) is 14.9 Å². The van der Waals surface area contributed by atoms with Gasteiger partial charge in [0.15, 0.2) is 6.04 Å². The molecule has 0 spiro atoms. The van der Waals surface area contributed by atoms with E-state index in [1.165, 1.54) is 12.1 Å². The van der Waals surface area contributed by atoms with Crippen LogP contribution in [0.1, 0.15) is 0 Å². The molecule has 2 heterocycles. The summed E-state index contributed by atoms with van der Waals surface area (Å²) in [7, 11) is 0. The summed E-state index contributed by atoms with van der Waals surface area (Å²) in [5.74, 6) is 0.0720. The van der Waals surface area contributed by atoms with Crippen molar-refractivity contribution in [2.24, 2.45) is 16.1 Å². The van der Waals surface area contributed by atoms with Crippen LogP contribution in [0.3, 0.4) is 0 Å². The van der Waals surface area contributed by atoms with Gasteiger partial charge in [-0.25, -0.2) is 0 Å². The highest BCUT2D eigenvalue weighted by atomic mass is 16.6. The van der Waals surface area contributed by atoms with E-state index in [1.54, 1.807) is 17.0 Å². The third kappa shape index (κ3) is 1.55. The molecule has 0 aromatic heterocycles. The average Bonchev–Trinajstić information content (AvgIpc) is 2.93. The predicted molar refractivity (Wildman–Crippen MR) is 62.5 cm³/mol. The number of fused-ring (bicyclic) bond motifs is 1. The molecule has 3 rings (SSSR count). The molecule has 0 N–H and O–H groups in total. The first-order valence-corrected chi connectivity index (χ1v) is 5.59. The number of anilines is 1. The summed E-state index contributed by atoms with van der Waals surface area (Å²) < 4.78 is 0. The molecule has 2 unspecified atom stereocenters. The van der Waals surface area contributed by atoms with Crippen LogP contribution in [0.25, 0.3) is 0 Å². The van der Waals surface area contributed by atoms with Gasteiger partial charge in [0, 0.05) is 30.3 Å². The van der Waals surface area contributed by atoms with E-state index in [1.807, 2.05) is 0 Å². The zero-order chi connectivity index (χ0) is 12.7. The van der Waals surface area contributed by atoms with E-state index in [0.717, 1.165) is 0 Å². The van der Waals surface area contributed by atoms with Crippen LogP contribution in [-0.4, -0.2) is 30.0 Å². The van der Waals surface area contributed by atoms with Gasteiger partial charge in [-0.2, -0.15) is 10.2 Å². The number of azo groups is 1. The summed E-state index contributed by atoms with van der Waals surface area (Å²) in [6, 6.07) is 5.62. The lowest BCUT2D eigenvalue weighted by atomic mass is 10.1. The zero-order valence-electron chi connectivity index (χ0n) is 9.39. The third-order valence-corrected chi connectivity index (χ3v) is 3.28. The lowest BCUT2D eigenvalue weighted by molar-refractivity contribution is -0.384. The topological polar surface area (TPSA) is 88.2 Å².